The van der Waals surface area contributed by atoms with Crippen LogP contribution >= 0.6 is 11.6 Å². The van der Waals surface area contributed by atoms with Gasteiger partial charge in [-0.15, -0.1) is 0 Å². The summed E-state index contributed by atoms with van der Waals surface area (Å²) >= 11 is 6.04. The van der Waals surface area contributed by atoms with Crippen molar-refractivity contribution < 1.29 is 4.79 Å². The second-order valence-electron chi connectivity index (χ2n) is 6.08. The third-order valence-corrected chi connectivity index (χ3v) is 4.54. The molecule has 0 spiro atoms. The highest BCUT2D eigenvalue weighted by atomic mass is 35.5. The molecule has 3 rings (SSSR count). The molecule has 3 aromatic rings. The lowest BCUT2D eigenvalue weighted by Crippen LogP contribution is -2.29. The molecule has 0 bridgehead atoms. The van der Waals surface area contributed by atoms with Crippen molar-refractivity contribution in [1.29, 1.82) is 0 Å². The maximum atomic E-state index is 12.4. The van der Waals surface area contributed by atoms with Crippen LogP contribution in [-0.4, -0.2) is 15.7 Å². The summed E-state index contributed by atoms with van der Waals surface area (Å²) in [6.45, 7) is 2.42. The normalized spacial score (nSPS) is 12.1. The van der Waals surface area contributed by atoms with Gasteiger partial charge in [0.1, 0.15) is 0 Å². The average molecular weight is 370 g/mol. The predicted molar refractivity (Wildman–Crippen MR) is 103 cm³/mol. The molecule has 0 aliphatic heterocycles. The molecule has 0 saturated heterocycles. The molecule has 26 heavy (non-hydrogen) atoms. The van der Waals surface area contributed by atoms with E-state index < -0.39 is 0 Å². The molecule has 1 atom stereocenters. The number of hydrogen-bond acceptors (Lipinski definition) is 3. The van der Waals surface area contributed by atoms with Crippen LogP contribution in [0.2, 0.25) is 5.02 Å². The molecule has 0 fully saturated rings. The van der Waals surface area contributed by atoms with E-state index in [2.05, 4.69) is 10.4 Å². The van der Waals surface area contributed by atoms with Crippen molar-refractivity contribution in [3.05, 3.63) is 75.5 Å². The summed E-state index contributed by atoms with van der Waals surface area (Å²) in [5.74, 6) is -0.0681. The molecule has 134 valence electrons. The number of hydrogen-bond donors (Lipinski definition) is 1. The lowest BCUT2D eigenvalue weighted by atomic mass is 10.0. The highest BCUT2D eigenvalue weighted by Gasteiger charge is 2.13. The van der Waals surface area contributed by atoms with Crippen molar-refractivity contribution in [2.45, 2.75) is 32.4 Å². The van der Waals surface area contributed by atoms with Gasteiger partial charge in [-0.05, 0) is 36.2 Å². The van der Waals surface area contributed by atoms with Crippen LogP contribution < -0.4 is 10.7 Å². The van der Waals surface area contributed by atoms with Gasteiger partial charge in [-0.3, -0.25) is 14.3 Å². The number of para-hydroxylation sites is 1. The minimum atomic E-state index is -0.117. The fraction of sp³-hybridized carbons (Fsp3) is 0.250. The van der Waals surface area contributed by atoms with Crippen molar-refractivity contribution in [1.82, 2.24) is 15.1 Å². The van der Waals surface area contributed by atoms with Crippen molar-refractivity contribution in [3.63, 3.8) is 0 Å². The number of halogens is 1. The van der Waals surface area contributed by atoms with Gasteiger partial charge >= 0.3 is 0 Å². The van der Waals surface area contributed by atoms with Crippen molar-refractivity contribution in [2.75, 3.05) is 0 Å². The molecule has 1 amide bonds. The molecule has 5 nitrogen and oxygen atoms in total. The van der Waals surface area contributed by atoms with Gasteiger partial charge in [-0.25, -0.2) is 0 Å². The average Bonchev–Trinajstić information content (AvgIpc) is 2.66. The Hall–Kier alpha value is -2.66. The molecule has 1 N–H and O–H groups in total. The van der Waals surface area contributed by atoms with Crippen LogP contribution in [-0.2, 0) is 11.3 Å². The first-order valence-corrected chi connectivity index (χ1v) is 8.96. The Morgan fingerprint density at radius 2 is 2.04 bits per heavy atom. The largest absolute Gasteiger partial charge is 0.349 e. The quantitative estimate of drug-likeness (QED) is 0.720. The number of nitrogens with zero attached hydrogens (tertiary/aromatic N) is 2. The third kappa shape index (κ3) is 4.11. The topological polar surface area (TPSA) is 64.0 Å². The molecular weight excluding hydrogens is 350 g/mol. The Morgan fingerprint density at radius 1 is 1.23 bits per heavy atom. The highest BCUT2D eigenvalue weighted by molar-refractivity contribution is 6.30. The van der Waals surface area contributed by atoms with Crippen LogP contribution in [0, 0.1) is 0 Å². The van der Waals surface area contributed by atoms with Gasteiger partial charge in [0.25, 0.3) is 0 Å². The first-order chi connectivity index (χ1) is 12.6. The summed E-state index contributed by atoms with van der Waals surface area (Å²) < 4.78 is 1.69. The number of rotatable bonds is 6. The van der Waals surface area contributed by atoms with E-state index in [9.17, 15) is 9.59 Å². The van der Waals surface area contributed by atoms with Crippen molar-refractivity contribution in [2.24, 2.45) is 0 Å². The van der Waals surface area contributed by atoms with E-state index in [0.29, 0.717) is 17.0 Å². The lowest BCUT2D eigenvalue weighted by Gasteiger charge is -2.18. The predicted octanol–water partition coefficient (Wildman–Crippen LogP) is 3.71. The summed E-state index contributed by atoms with van der Waals surface area (Å²) in [5.41, 5.74) is 1.60. The Labute approximate surface area is 156 Å². The van der Waals surface area contributed by atoms with E-state index in [1.54, 1.807) is 10.7 Å². The fourth-order valence-electron chi connectivity index (χ4n) is 2.96. The standard InChI is InChI=1S/C20H20ClN3O2/c1-2-17(14-6-5-7-15(21)12-14)23-20(26)10-11-24-18-9-4-3-8-16(18)19(25)13-22-24/h3-9,12-13,17H,2,10-11H2,1H3,(H,23,26). The van der Waals surface area contributed by atoms with Gasteiger partial charge in [0.2, 0.25) is 11.3 Å². The molecule has 0 aliphatic rings. The third-order valence-electron chi connectivity index (χ3n) is 4.31. The van der Waals surface area contributed by atoms with Gasteiger partial charge in [0, 0.05) is 16.8 Å². The summed E-state index contributed by atoms with van der Waals surface area (Å²) in [6.07, 6.45) is 2.34. The molecular formula is C20H20ClN3O2. The number of carbonyl (C=O) groups is 1. The van der Waals surface area contributed by atoms with Crippen LogP contribution in [0.4, 0.5) is 0 Å². The monoisotopic (exact) mass is 369 g/mol. The van der Waals surface area contributed by atoms with E-state index in [0.717, 1.165) is 17.5 Å². The number of amides is 1. The lowest BCUT2D eigenvalue weighted by molar-refractivity contribution is -0.122. The molecule has 0 radical (unpaired) electrons. The molecule has 6 heteroatoms. The van der Waals surface area contributed by atoms with E-state index >= 15 is 0 Å². The Morgan fingerprint density at radius 3 is 2.81 bits per heavy atom. The second kappa shape index (κ2) is 8.15. The zero-order chi connectivity index (χ0) is 18.5. The van der Waals surface area contributed by atoms with Gasteiger partial charge < -0.3 is 5.32 Å². The molecule has 1 unspecified atom stereocenters. The number of fused-ring (bicyclic) bond motifs is 1. The van der Waals surface area contributed by atoms with Gasteiger partial charge in [-0.1, -0.05) is 42.8 Å². The molecule has 2 aromatic carbocycles. The van der Waals surface area contributed by atoms with Crippen molar-refractivity contribution >= 4 is 28.4 Å². The Kier molecular flexibility index (Phi) is 5.68. The van der Waals surface area contributed by atoms with Crippen LogP contribution in [0.5, 0.6) is 0 Å². The maximum absolute atomic E-state index is 12.4. The van der Waals surface area contributed by atoms with Crippen LogP contribution in [0.15, 0.2) is 59.5 Å². The highest BCUT2D eigenvalue weighted by Crippen LogP contribution is 2.20. The zero-order valence-corrected chi connectivity index (χ0v) is 15.2. The van der Waals surface area contributed by atoms with Gasteiger partial charge in [-0.2, -0.15) is 5.10 Å². The van der Waals surface area contributed by atoms with E-state index in [1.807, 2.05) is 49.4 Å². The first kappa shape index (κ1) is 18.1. The summed E-state index contributed by atoms with van der Waals surface area (Å²) in [7, 11) is 0. The number of benzene rings is 2. The number of carbonyl (C=O) groups excluding carboxylic acids is 1. The second-order valence-corrected chi connectivity index (χ2v) is 6.52. The van der Waals surface area contributed by atoms with Crippen LogP contribution in [0.1, 0.15) is 31.4 Å². The zero-order valence-electron chi connectivity index (χ0n) is 14.5. The maximum Gasteiger partial charge on any atom is 0.222 e. The molecule has 1 aromatic heterocycles. The number of aromatic nitrogens is 2. The smallest absolute Gasteiger partial charge is 0.222 e. The number of aryl methyl sites for hydroxylation is 1. The molecule has 0 aliphatic carbocycles. The summed E-state index contributed by atoms with van der Waals surface area (Å²) in [4.78, 5) is 24.3. The Balaban J connectivity index is 1.69. The minimum Gasteiger partial charge on any atom is -0.349 e. The summed E-state index contributed by atoms with van der Waals surface area (Å²) in [5, 5.41) is 8.45. The Bertz CT molecular complexity index is 984. The van der Waals surface area contributed by atoms with Crippen LogP contribution in [0.25, 0.3) is 10.9 Å². The van der Waals surface area contributed by atoms with Gasteiger partial charge in [0.05, 0.1) is 24.3 Å². The minimum absolute atomic E-state index is 0.0681. The van der Waals surface area contributed by atoms with E-state index in [1.165, 1.54) is 6.20 Å². The van der Waals surface area contributed by atoms with E-state index in [4.69, 9.17) is 11.6 Å². The first-order valence-electron chi connectivity index (χ1n) is 8.58. The van der Waals surface area contributed by atoms with E-state index in [-0.39, 0.29) is 23.8 Å². The van der Waals surface area contributed by atoms with Gasteiger partial charge in [0.15, 0.2) is 0 Å². The molecule has 0 saturated carbocycles. The number of nitrogens with one attached hydrogen (secondary N) is 1. The molecule has 1 heterocycles. The fourth-order valence-corrected chi connectivity index (χ4v) is 3.16. The van der Waals surface area contributed by atoms with Crippen molar-refractivity contribution in [3.8, 4) is 0 Å². The summed E-state index contributed by atoms with van der Waals surface area (Å²) in [6, 6.07) is 14.7. The SMILES string of the molecule is CCC(NC(=O)CCn1ncc(=O)c2ccccc21)c1cccc(Cl)c1. The van der Waals surface area contributed by atoms with Crippen LogP contribution in [0.3, 0.4) is 0 Å².